The molecule has 0 heterocycles. The van der Waals surface area contributed by atoms with Crippen LogP contribution < -0.4 is 0 Å². The van der Waals surface area contributed by atoms with Crippen LogP contribution in [0.1, 0.15) is 27.0 Å². The molecule has 0 N–H and O–H groups in total. The summed E-state index contributed by atoms with van der Waals surface area (Å²) in [6, 6.07) is 20.3. The number of fused-ring (bicyclic) bond motifs is 1. The number of carbonyl (C=O) groups is 1. The Labute approximate surface area is 137 Å². The van der Waals surface area contributed by atoms with Gasteiger partial charge in [0.05, 0.1) is 0 Å². The Morgan fingerprint density at radius 3 is 2.48 bits per heavy atom. The fourth-order valence-electron chi connectivity index (χ4n) is 2.97. The van der Waals surface area contributed by atoms with Crippen molar-refractivity contribution < 1.29 is 4.79 Å². The first-order chi connectivity index (χ1) is 11.1. The van der Waals surface area contributed by atoms with Crippen molar-refractivity contribution in [1.82, 2.24) is 4.90 Å². The van der Waals surface area contributed by atoms with Crippen LogP contribution in [0.25, 0.3) is 10.8 Å². The second-order valence-electron chi connectivity index (χ2n) is 6.12. The van der Waals surface area contributed by atoms with E-state index in [9.17, 15) is 4.79 Å². The molecule has 0 saturated carbocycles. The van der Waals surface area contributed by atoms with Gasteiger partial charge in [-0.25, -0.2) is 0 Å². The Morgan fingerprint density at radius 1 is 0.957 bits per heavy atom. The van der Waals surface area contributed by atoms with Crippen molar-refractivity contribution >= 4 is 16.7 Å². The number of hydrogen-bond donors (Lipinski definition) is 0. The highest BCUT2D eigenvalue weighted by atomic mass is 16.2. The molecule has 0 aromatic heterocycles. The van der Waals surface area contributed by atoms with Gasteiger partial charge >= 0.3 is 0 Å². The van der Waals surface area contributed by atoms with Gasteiger partial charge in [0.2, 0.25) is 0 Å². The van der Waals surface area contributed by atoms with Crippen LogP contribution in [-0.2, 0) is 6.54 Å². The minimum absolute atomic E-state index is 0.0572. The Kier molecular flexibility index (Phi) is 4.16. The maximum absolute atomic E-state index is 12.9. The summed E-state index contributed by atoms with van der Waals surface area (Å²) in [5.74, 6) is 0.0572. The lowest BCUT2D eigenvalue weighted by Gasteiger charge is -2.20. The third-order valence-electron chi connectivity index (χ3n) is 4.27. The Bertz CT molecular complexity index is 861. The third kappa shape index (κ3) is 3.11. The maximum atomic E-state index is 12.9. The Morgan fingerprint density at radius 2 is 1.70 bits per heavy atom. The number of hydrogen-bond acceptors (Lipinski definition) is 1. The highest BCUT2D eigenvalue weighted by molar-refractivity contribution is 6.06. The quantitative estimate of drug-likeness (QED) is 0.685. The van der Waals surface area contributed by atoms with Crippen molar-refractivity contribution in [1.29, 1.82) is 0 Å². The fraction of sp³-hybridized carbons (Fsp3) is 0.190. The zero-order valence-corrected chi connectivity index (χ0v) is 13.8. The molecular formula is C21H21NO. The van der Waals surface area contributed by atoms with Gasteiger partial charge in [0.1, 0.15) is 0 Å². The smallest absolute Gasteiger partial charge is 0.254 e. The molecule has 1 amide bonds. The highest BCUT2D eigenvalue weighted by Crippen LogP contribution is 2.21. The molecule has 2 nitrogen and oxygen atoms in total. The first-order valence-electron chi connectivity index (χ1n) is 7.85. The van der Waals surface area contributed by atoms with Crippen LogP contribution in [0.2, 0.25) is 0 Å². The van der Waals surface area contributed by atoms with Crippen molar-refractivity contribution in [2.75, 3.05) is 7.05 Å². The first kappa shape index (κ1) is 15.3. The third-order valence-corrected chi connectivity index (χ3v) is 4.27. The molecule has 3 aromatic carbocycles. The molecule has 0 radical (unpaired) electrons. The molecule has 0 bridgehead atoms. The second-order valence-corrected chi connectivity index (χ2v) is 6.12. The Hall–Kier alpha value is -2.61. The van der Waals surface area contributed by atoms with Crippen LogP contribution in [0.15, 0.2) is 60.7 Å². The largest absolute Gasteiger partial charge is 0.337 e. The summed E-state index contributed by atoms with van der Waals surface area (Å²) >= 11 is 0. The topological polar surface area (TPSA) is 20.3 Å². The molecule has 116 valence electrons. The lowest BCUT2D eigenvalue weighted by atomic mass is 10.0. The summed E-state index contributed by atoms with van der Waals surface area (Å²) in [6.07, 6.45) is 0. The molecule has 0 aliphatic carbocycles. The molecule has 0 aliphatic rings. The van der Waals surface area contributed by atoms with Crippen LogP contribution in [0, 0.1) is 13.8 Å². The average Bonchev–Trinajstić information content (AvgIpc) is 2.56. The minimum atomic E-state index is 0.0572. The number of benzene rings is 3. The molecule has 0 aliphatic heterocycles. The van der Waals surface area contributed by atoms with E-state index in [1.165, 1.54) is 16.7 Å². The molecule has 0 atom stereocenters. The molecule has 0 unspecified atom stereocenters. The van der Waals surface area contributed by atoms with Gasteiger partial charge < -0.3 is 4.90 Å². The molecule has 3 rings (SSSR count). The molecule has 2 heteroatoms. The summed E-state index contributed by atoms with van der Waals surface area (Å²) < 4.78 is 0. The monoisotopic (exact) mass is 303 g/mol. The predicted molar refractivity (Wildman–Crippen MR) is 95.7 cm³/mol. The maximum Gasteiger partial charge on any atom is 0.254 e. The van der Waals surface area contributed by atoms with Crippen molar-refractivity contribution in [2.45, 2.75) is 20.4 Å². The van der Waals surface area contributed by atoms with Crippen LogP contribution >= 0.6 is 0 Å². The van der Waals surface area contributed by atoms with E-state index >= 15 is 0 Å². The van der Waals surface area contributed by atoms with E-state index in [1.807, 2.05) is 49.5 Å². The lowest BCUT2D eigenvalue weighted by molar-refractivity contribution is 0.0787. The van der Waals surface area contributed by atoms with Crippen molar-refractivity contribution in [3.8, 4) is 0 Å². The SMILES string of the molecule is Cc1ccc(CN(C)C(=O)c2cccc3ccccc23)c(C)c1. The summed E-state index contributed by atoms with van der Waals surface area (Å²) in [4.78, 5) is 14.7. The number of aryl methyl sites for hydroxylation is 2. The van der Waals surface area contributed by atoms with Gasteiger partial charge in [-0.15, -0.1) is 0 Å². The lowest BCUT2D eigenvalue weighted by Crippen LogP contribution is -2.26. The summed E-state index contributed by atoms with van der Waals surface area (Å²) in [6.45, 7) is 4.80. The average molecular weight is 303 g/mol. The molecular weight excluding hydrogens is 282 g/mol. The summed E-state index contributed by atoms with van der Waals surface area (Å²) in [7, 11) is 1.86. The van der Waals surface area contributed by atoms with Gasteiger partial charge in [0, 0.05) is 19.2 Å². The van der Waals surface area contributed by atoms with E-state index in [0.717, 1.165) is 16.3 Å². The fourth-order valence-corrected chi connectivity index (χ4v) is 2.97. The van der Waals surface area contributed by atoms with E-state index in [0.29, 0.717) is 6.54 Å². The van der Waals surface area contributed by atoms with Crippen LogP contribution in [0.4, 0.5) is 0 Å². The van der Waals surface area contributed by atoms with Crippen molar-refractivity contribution in [2.24, 2.45) is 0 Å². The van der Waals surface area contributed by atoms with E-state index in [1.54, 1.807) is 4.90 Å². The van der Waals surface area contributed by atoms with Crippen LogP contribution in [-0.4, -0.2) is 17.9 Å². The van der Waals surface area contributed by atoms with E-state index in [4.69, 9.17) is 0 Å². The van der Waals surface area contributed by atoms with Gasteiger partial charge in [-0.2, -0.15) is 0 Å². The van der Waals surface area contributed by atoms with E-state index in [2.05, 4.69) is 32.0 Å². The van der Waals surface area contributed by atoms with Gasteiger partial charge in [-0.05, 0) is 41.8 Å². The zero-order chi connectivity index (χ0) is 16.4. The number of rotatable bonds is 3. The summed E-state index contributed by atoms with van der Waals surface area (Å²) in [5.41, 5.74) is 4.42. The van der Waals surface area contributed by atoms with Crippen molar-refractivity contribution in [3.63, 3.8) is 0 Å². The molecule has 0 fully saturated rings. The van der Waals surface area contributed by atoms with E-state index < -0.39 is 0 Å². The molecule has 3 aromatic rings. The highest BCUT2D eigenvalue weighted by Gasteiger charge is 2.15. The molecule has 0 spiro atoms. The molecule has 23 heavy (non-hydrogen) atoms. The van der Waals surface area contributed by atoms with Gasteiger partial charge in [-0.1, -0.05) is 60.2 Å². The second kappa shape index (κ2) is 6.25. The number of carbonyl (C=O) groups excluding carboxylic acids is 1. The summed E-state index contributed by atoms with van der Waals surface area (Å²) in [5, 5.41) is 2.10. The number of nitrogens with zero attached hydrogens (tertiary/aromatic N) is 1. The number of amides is 1. The first-order valence-corrected chi connectivity index (χ1v) is 7.85. The normalized spacial score (nSPS) is 10.7. The van der Waals surface area contributed by atoms with Gasteiger partial charge in [-0.3, -0.25) is 4.79 Å². The Balaban J connectivity index is 1.89. The predicted octanol–water partition coefficient (Wildman–Crippen LogP) is 4.73. The standard InChI is InChI=1S/C21H21NO/c1-15-11-12-18(16(2)13-15)14-22(3)21(23)20-10-6-8-17-7-4-5-9-19(17)20/h4-13H,14H2,1-3H3. The zero-order valence-electron chi connectivity index (χ0n) is 13.8. The minimum Gasteiger partial charge on any atom is -0.337 e. The molecule has 0 saturated heterocycles. The van der Waals surface area contributed by atoms with Crippen molar-refractivity contribution in [3.05, 3.63) is 82.9 Å². The van der Waals surface area contributed by atoms with Gasteiger partial charge in [0.25, 0.3) is 5.91 Å². The van der Waals surface area contributed by atoms with Crippen LogP contribution in [0.3, 0.4) is 0 Å². The van der Waals surface area contributed by atoms with E-state index in [-0.39, 0.29) is 5.91 Å². The van der Waals surface area contributed by atoms with Crippen LogP contribution in [0.5, 0.6) is 0 Å². The van der Waals surface area contributed by atoms with Gasteiger partial charge in [0.15, 0.2) is 0 Å².